The average molecular weight is 717 g/mol. The molecule has 0 aliphatic heterocycles. The van der Waals surface area contributed by atoms with Gasteiger partial charge in [-0.25, -0.2) is 19.2 Å². The van der Waals surface area contributed by atoms with E-state index in [2.05, 4.69) is 10.6 Å². The summed E-state index contributed by atoms with van der Waals surface area (Å²) in [6, 6.07) is 0. The number of unbranched alkanes of at least 4 members (excludes halogenated alkanes) is 5. The molecule has 0 saturated carbocycles. The monoisotopic (exact) mass is 717 g/mol. The Kier molecular flexibility index (Phi) is 21.4. The van der Waals surface area contributed by atoms with E-state index < -0.39 is 46.8 Å². The smallest absolute Gasteiger partial charge is 0.410 e. The Labute approximate surface area is 302 Å². The second-order valence-corrected chi connectivity index (χ2v) is 16.9. The molecule has 0 aliphatic carbocycles. The minimum absolute atomic E-state index is 0.0797. The SMILES string of the molecule is CC(C)(C)OC(=O)NCCCCN(CC(CCCCCCO)CN(CCCCNC(=O)OC(C)(C)C)C(=O)OC(C)(C)C)C(=O)OC(C)(C)C. The Bertz CT molecular complexity index is 923. The molecule has 0 aromatic heterocycles. The van der Waals surface area contributed by atoms with Crippen molar-refractivity contribution in [3.05, 3.63) is 0 Å². The topological polar surface area (TPSA) is 156 Å². The van der Waals surface area contributed by atoms with Crippen molar-refractivity contribution in [2.75, 3.05) is 45.9 Å². The number of ether oxygens (including phenoxy) is 4. The lowest BCUT2D eigenvalue weighted by Crippen LogP contribution is -2.45. The third-order valence-corrected chi connectivity index (χ3v) is 6.83. The Morgan fingerprint density at radius 1 is 0.520 bits per heavy atom. The van der Waals surface area contributed by atoms with Crippen LogP contribution in [0.2, 0.25) is 0 Å². The highest BCUT2D eigenvalue weighted by Gasteiger charge is 2.29. The van der Waals surface area contributed by atoms with Gasteiger partial charge in [0.1, 0.15) is 22.4 Å². The first-order valence-electron chi connectivity index (χ1n) is 18.4. The first-order chi connectivity index (χ1) is 22.9. The van der Waals surface area contributed by atoms with Gasteiger partial charge in [-0.15, -0.1) is 0 Å². The van der Waals surface area contributed by atoms with Crippen molar-refractivity contribution in [1.82, 2.24) is 20.4 Å². The van der Waals surface area contributed by atoms with Crippen LogP contribution >= 0.6 is 0 Å². The highest BCUT2D eigenvalue weighted by atomic mass is 16.6. The molecule has 0 unspecified atom stereocenters. The molecule has 4 amide bonds. The van der Waals surface area contributed by atoms with E-state index in [1.54, 1.807) is 9.80 Å². The fourth-order valence-corrected chi connectivity index (χ4v) is 4.79. The molecule has 0 bridgehead atoms. The maximum Gasteiger partial charge on any atom is 0.410 e. The second-order valence-electron chi connectivity index (χ2n) is 16.9. The lowest BCUT2D eigenvalue weighted by molar-refractivity contribution is 0.0133. The van der Waals surface area contributed by atoms with Crippen molar-refractivity contribution in [1.29, 1.82) is 0 Å². The van der Waals surface area contributed by atoms with Crippen molar-refractivity contribution < 1.29 is 43.2 Å². The number of aliphatic hydroxyl groups is 1. The Morgan fingerprint density at radius 3 is 1.22 bits per heavy atom. The number of carbonyl (C=O) groups excluding carboxylic acids is 4. The molecule has 3 N–H and O–H groups in total. The summed E-state index contributed by atoms with van der Waals surface area (Å²) in [5.41, 5.74) is -2.56. The van der Waals surface area contributed by atoms with Crippen molar-refractivity contribution in [3.63, 3.8) is 0 Å². The Morgan fingerprint density at radius 2 is 0.880 bits per heavy atom. The van der Waals surface area contributed by atoms with Gasteiger partial charge in [0, 0.05) is 45.9 Å². The van der Waals surface area contributed by atoms with Gasteiger partial charge in [-0.3, -0.25) is 0 Å². The molecule has 0 aromatic rings. The summed E-state index contributed by atoms with van der Waals surface area (Å²) in [6.07, 6.45) is 4.85. The summed E-state index contributed by atoms with van der Waals surface area (Å²) in [4.78, 5) is 54.5. The molecule has 0 saturated heterocycles. The van der Waals surface area contributed by atoms with Crippen LogP contribution in [0.3, 0.4) is 0 Å². The third-order valence-electron chi connectivity index (χ3n) is 6.83. The first-order valence-corrected chi connectivity index (χ1v) is 18.4. The van der Waals surface area contributed by atoms with E-state index in [1.165, 1.54) is 0 Å². The summed E-state index contributed by atoms with van der Waals surface area (Å²) in [7, 11) is 0. The molecule has 0 heterocycles. The van der Waals surface area contributed by atoms with Crippen molar-refractivity contribution in [3.8, 4) is 0 Å². The number of hydrogen-bond acceptors (Lipinski definition) is 9. The fraction of sp³-hybridized carbons (Fsp3) is 0.892. The van der Waals surface area contributed by atoms with E-state index in [0.29, 0.717) is 65.0 Å². The van der Waals surface area contributed by atoms with Crippen molar-refractivity contribution >= 4 is 24.4 Å². The van der Waals surface area contributed by atoms with Gasteiger partial charge in [-0.05, 0) is 128 Å². The predicted molar refractivity (Wildman–Crippen MR) is 196 cm³/mol. The van der Waals surface area contributed by atoms with Crippen molar-refractivity contribution in [2.45, 2.75) is 163 Å². The zero-order valence-corrected chi connectivity index (χ0v) is 33.5. The van der Waals surface area contributed by atoms with Crippen LogP contribution in [0.25, 0.3) is 0 Å². The van der Waals surface area contributed by atoms with Gasteiger partial charge in [0.15, 0.2) is 0 Å². The van der Waals surface area contributed by atoms with Gasteiger partial charge in [0.2, 0.25) is 0 Å². The van der Waals surface area contributed by atoms with E-state index >= 15 is 0 Å². The number of aliphatic hydroxyl groups excluding tert-OH is 1. The molecule has 0 fully saturated rings. The predicted octanol–water partition coefficient (Wildman–Crippen LogP) is 7.63. The van der Waals surface area contributed by atoms with E-state index in [1.807, 2.05) is 83.1 Å². The Balaban J connectivity index is 5.83. The van der Waals surface area contributed by atoms with Crippen LogP contribution in [0.1, 0.15) is 141 Å². The Hall–Kier alpha value is -2.96. The van der Waals surface area contributed by atoms with E-state index in [0.717, 1.165) is 32.1 Å². The van der Waals surface area contributed by atoms with Gasteiger partial charge >= 0.3 is 24.4 Å². The van der Waals surface area contributed by atoms with E-state index in [-0.39, 0.29) is 12.5 Å². The number of nitrogens with zero attached hydrogens (tertiary/aromatic N) is 2. The minimum atomic E-state index is -0.691. The van der Waals surface area contributed by atoms with Crippen LogP contribution in [0.5, 0.6) is 0 Å². The summed E-state index contributed by atoms with van der Waals surface area (Å²) >= 11 is 0. The van der Waals surface area contributed by atoms with Gasteiger partial charge in [-0.2, -0.15) is 0 Å². The molecule has 0 rings (SSSR count). The quantitative estimate of drug-likeness (QED) is 0.0852. The minimum Gasteiger partial charge on any atom is -0.444 e. The number of alkyl carbamates (subject to hydrolysis) is 2. The van der Waals surface area contributed by atoms with Crippen LogP contribution in [-0.2, 0) is 18.9 Å². The number of carbonyl (C=O) groups is 4. The molecular formula is C37H72N4O9. The highest BCUT2D eigenvalue weighted by Crippen LogP contribution is 2.20. The molecule has 13 heteroatoms. The average Bonchev–Trinajstić information content (AvgIpc) is 2.91. The molecule has 0 atom stereocenters. The molecule has 0 spiro atoms. The van der Waals surface area contributed by atoms with Gasteiger partial charge in [0.05, 0.1) is 0 Å². The molecule has 0 aliphatic rings. The molecule has 0 aromatic carbocycles. The number of amides is 4. The summed E-state index contributed by atoms with van der Waals surface area (Å²) in [5.74, 6) is -0.0797. The van der Waals surface area contributed by atoms with Gasteiger partial charge < -0.3 is 44.5 Å². The third kappa shape index (κ3) is 27.8. The summed E-state index contributed by atoms with van der Waals surface area (Å²) in [6.45, 7) is 24.3. The lowest BCUT2D eigenvalue weighted by Gasteiger charge is -2.34. The highest BCUT2D eigenvalue weighted by molar-refractivity contribution is 5.69. The number of hydrogen-bond donors (Lipinski definition) is 3. The maximum atomic E-state index is 13.5. The summed E-state index contributed by atoms with van der Waals surface area (Å²) < 4.78 is 22.2. The second kappa shape index (κ2) is 22.8. The van der Waals surface area contributed by atoms with Gasteiger partial charge in [0.25, 0.3) is 0 Å². The first kappa shape index (κ1) is 47.0. The van der Waals surface area contributed by atoms with Crippen LogP contribution < -0.4 is 10.6 Å². The van der Waals surface area contributed by atoms with Crippen LogP contribution in [0.15, 0.2) is 0 Å². The van der Waals surface area contributed by atoms with Crippen LogP contribution in [-0.4, -0.2) is 108 Å². The molecular weight excluding hydrogens is 644 g/mol. The normalized spacial score (nSPS) is 12.3. The van der Waals surface area contributed by atoms with E-state index in [4.69, 9.17) is 18.9 Å². The van der Waals surface area contributed by atoms with Crippen molar-refractivity contribution in [2.24, 2.45) is 5.92 Å². The van der Waals surface area contributed by atoms with Crippen LogP contribution in [0.4, 0.5) is 19.2 Å². The number of rotatable bonds is 20. The van der Waals surface area contributed by atoms with Crippen LogP contribution in [0, 0.1) is 5.92 Å². The zero-order chi connectivity index (χ0) is 38.6. The zero-order valence-electron chi connectivity index (χ0n) is 33.5. The van der Waals surface area contributed by atoms with Gasteiger partial charge in [-0.1, -0.05) is 19.3 Å². The fourth-order valence-electron chi connectivity index (χ4n) is 4.79. The standard InChI is InChI=1S/C37H72N4O9/c1-34(2,3)47-30(43)38-22-16-18-24-40(32(45)49-36(7,8)9)27-29(21-15-13-14-20-26-42)28-41(33(46)50-37(10,11)12)25-19-17-23-39-31(44)48-35(4,5)6/h29,42H,13-28H2,1-12H3,(H,38,43)(H,39,44). The molecule has 50 heavy (non-hydrogen) atoms. The largest absolute Gasteiger partial charge is 0.444 e. The maximum absolute atomic E-state index is 13.5. The molecule has 294 valence electrons. The molecule has 0 radical (unpaired) electrons. The number of nitrogens with one attached hydrogen (secondary N) is 2. The van der Waals surface area contributed by atoms with E-state index in [9.17, 15) is 24.3 Å². The summed E-state index contributed by atoms with van der Waals surface area (Å²) in [5, 5.41) is 14.8. The molecule has 13 nitrogen and oxygen atoms in total. The lowest BCUT2D eigenvalue weighted by atomic mass is 9.99.